The smallest absolute Gasteiger partial charge is 0.224 e. The van der Waals surface area contributed by atoms with Crippen LogP contribution in [0.15, 0.2) is 24.3 Å². The van der Waals surface area contributed by atoms with Crippen molar-refractivity contribution in [2.75, 3.05) is 19.6 Å². The number of benzene rings is 1. The van der Waals surface area contributed by atoms with Gasteiger partial charge in [0.2, 0.25) is 11.8 Å². The first-order chi connectivity index (χ1) is 10.0. The Morgan fingerprint density at radius 2 is 1.90 bits per heavy atom. The first-order valence-corrected chi connectivity index (χ1v) is 7.61. The largest absolute Gasteiger partial charge is 0.354 e. The topological polar surface area (TPSA) is 49.4 Å². The maximum atomic E-state index is 11.9. The number of amides is 2. The molecule has 4 nitrogen and oxygen atoms in total. The number of aryl methyl sites for hydroxylation is 1. The molecule has 2 amide bonds. The van der Waals surface area contributed by atoms with Crippen LogP contribution in [-0.2, 0) is 16.0 Å². The van der Waals surface area contributed by atoms with Crippen LogP contribution in [0.1, 0.15) is 37.8 Å². The SMILES string of the molecule is CCCCN(CCNC(=O)Cc1ccccc1C)C(C)=O. The second kappa shape index (κ2) is 9.16. The highest BCUT2D eigenvalue weighted by atomic mass is 16.2. The van der Waals surface area contributed by atoms with E-state index in [-0.39, 0.29) is 11.8 Å². The monoisotopic (exact) mass is 290 g/mol. The van der Waals surface area contributed by atoms with E-state index < -0.39 is 0 Å². The minimum Gasteiger partial charge on any atom is -0.354 e. The maximum Gasteiger partial charge on any atom is 0.224 e. The van der Waals surface area contributed by atoms with Crippen molar-refractivity contribution in [3.8, 4) is 0 Å². The van der Waals surface area contributed by atoms with Crippen molar-refractivity contribution in [2.45, 2.75) is 40.0 Å². The molecule has 0 unspecified atom stereocenters. The Kier molecular flexibility index (Phi) is 7.51. The number of rotatable bonds is 8. The normalized spacial score (nSPS) is 10.2. The van der Waals surface area contributed by atoms with E-state index in [0.29, 0.717) is 19.5 Å². The Morgan fingerprint density at radius 1 is 1.19 bits per heavy atom. The Balaban J connectivity index is 2.35. The minimum atomic E-state index is 0.00305. The number of hydrogen-bond donors (Lipinski definition) is 1. The predicted molar refractivity (Wildman–Crippen MR) is 85.1 cm³/mol. The van der Waals surface area contributed by atoms with Crippen LogP contribution in [0.3, 0.4) is 0 Å². The van der Waals surface area contributed by atoms with Crippen LogP contribution in [0.2, 0.25) is 0 Å². The Hall–Kier alpha value is -1.84. The molecule has 0 fully saturated rings. The van der Waals surface area contributed by atoms with Gasteiger partial charge in [-0.15, -0.1) is 0 Å². The van der Waals surface area contributed by atoms with Gasteiger partial charge >= 0.3 is 0 Å². The van der Waals surface area contributed by atoms with Crippen LogP contribution in [0.4, 0.5) is 0 Å². The fourth-order valence-corrected chi connectivity index (χ4v) is 2.15. The van der Waals surface area contributed by atoms with Gasteiger partial charge in [-0.05, 0) is 24.5 Å². The molecule has 1 rings (SSSR count). The summed E-state index contributed by atoms with van der Waals surface area (Å²) in [5.74, 6) is 0.0693. The van der Waals surface area contributed by atoms with Crippen LogP contribution in [0, 0.1) is 6.92 Å². The quantitative estimate of drug-likeness (QED) is 0.798. The van der Waals surface area contributed by atoms with Crippen LogP contribution in [0.5, 0.6) is 0 Å². The molecule has 0 heterocycles. The van der Waals surface area contributed by atoms with Crippen molar-refractivity contribution in [1.29, 1.82) is 0 Å². The zero-order valence-corrected chi connectivity index (χ0v) is 13.3. The third-order valence-corrected chi connectivity index (χ3v) is 3.54. The van der Waals surface area contributed by atoms with Crippen LogP contribution >= 0.6 is 0 Å². The molecule has 4 heteroatoms. The molecular formula is C17H26N2O2. The molecule has 116 valence electrons. The van der Waals surface area contributed by atoms with Crippen LogP contribution in [0.25, 0.3) is 0 Å². The lowest BCUT2D eigenvalue weighted by Gasteiger charge is -2.21. The van der Waals surface area contributed by atoms with Gasteiger partial charge in [-0.2, -0.15) is 0 Å². The lowest BCUT2D eigenvalue weighted by Crippen LogP contribution is -2.38. The third-order valence-electron chi connectivity index (χ3n) is 3.54. The van der Waals surface area contributed by atoms with E-state index in [4.69, 9.17) is 0 Å². The summed E-state index contributed by atoms with van der Waals surface area (Å²) in [6.45, 7) is 7.53. The fourth-order valence-electron chi connectivity index (χ4n) is 2.15. The molecular weight excluding hydrogens is 264 g/mol. The van der Waals surface area contributed by atoms with Gasteiger partial charge in [-0.3, -0.25) is 9.59 Å². The van der Waals surface area contributed by atoms with Gasteiger partial charge in [-0.1, -0.05) is 37.6 Å². The lowest BCUT2D eigenvalue weighted by molar-refractivity contribution is -0.129. The predicted octanol–water partition coefficient (Wildman–Crippen LogP) is 2.30. The number of carbonyl (C=O) groups excluding carboxylic acids is 2. The van der Waals surface area contributed by atoms with E-state index in [1.54, 1.807) is 11.8 Å². The molecule has 0 spiro atoms. The first kappa shape index (κ1) is 17.2. The van der Waals surface area contributed by atoms with Crippen molar-refractivity contribution in [2.24, 2.45) is 0 Å². The summed E-state index contributed by atoms with van der Waals surface area (Å²) in [4.78, 5) is 25.2. The zero-order chi connectivity index (χ0) is 15.7. The number of carbonyl (C=O) groups is 2. The van der Waals surface area contributed by atoms with Crippen molar-refractivity contribution < 1.29 is 9.59 Å². The van der Waals surface area contributed by atoms with E-state index in [2.05, 4.69) is 12.2 Å². The van der Waals surface area contributed by atoms with Gasteiger partial charge < -0.3 is 10.2 Å². The number of hydrogen-bond acceptors (Lipinski definition) is 2. The molecule has 0 atom stereocenters. The highest BCUT2D eigenvalue weighted by molar-refractivity contribution is 5.79. The summed E-state index contributed by atoms with van der Waals surface area (Å²) in [5, 5.41) is 2.89. The average molecular weight is 290 g/mol. The molecule has 0 radical (unpaired) electrons. The Bertz CT molecular complexity index is 472. The zero-order valence-electron chi connectivity index (χ0n) is 13.3. The summed E-state index contributed by atoms with van der Waals surface area (Å²) >= 11 is 0. The van der Waals surface area contributed by atoms with Gasteiger partial charge in [0.1, 0.15) is 0 Å². The standard InChI is InChI=1S/C17H26N2O2/c1-4-5-11-19(15(3)20)12-10-18-17(21)13-16-9-7-6-8-14(16)2/h6-9H,4-5,10-13H2,1-3H3,(H,18,21). The number of nitrogens with one attached hydrogen (secondary N) is 1. The molecule has 1 N–H and O–H groups in total. The molecule has 1 aromatic rings. The third kappa shape index (κ3) is 6.43. The molecule has 1 aromatic carbocycles. The molecule has 0 aliphatic heterocycles. The van der Waals surface area contributed by atoms with Gasteiger partial charge in [0.25, 0.3) is 0 Å². The number of nitrogens with zero attached hydrogens (tertiary/aromatic N) is 1. The van der Waals surface area contributed by atoms with Gasteiger partial charge in [0.15, 0.2) is 0 Å². The van der Waals surface area contributed by atoms with Gasteiger partial charge in [-0.25, -0.2) is 0 Å². The maximum absolute atomic E-state index is 11.9. The summed E-state index contributed by atoms with van der Waals surface area (Å²) in [6, 6.07) is 7.88. The summed E-state index contributed by atoms with van der Waals surface area (Å²) < 4.78 is 0. The van der Waals surface area contributed by atoms with E-state index >= 15 is 0 Å². The van der Waals surface area contributed by atoms with E-state index in [1.165, 1.54) is 0 Å². The van der Waals surface area contributed by atoms with E-state index in [0.717, 1.165) is 30.5 Å². The molecule has 21 heavy (non-hydrogen) atoms. The summed E-state index contributed by atoms with van der Waals surface area (Å²) in [7, 11) is 0. The van der Waals surface area contributed by atoms with Gasteiger partial charge in [0, 0.05) is 26.6 Å². The highest BCUT2D eigenvalue weighted by Crippen LogP contribution is 2.07. The average Bonchev–Trinajstić information content (AvgIpc) is 2.44. The second-order valence-electron chi connectivity index (χ2n) is 5.31. The van der Waals surface area contributed by atoms with Crippen LogP contribution < -0.4 is 5.32 Å². The van der Waals surface area contributed by atoms with E-state index in [1.807, 2.05) is 31.2 Å². The first-order valence-electron chi connectivity index (χ1n) is 7.61. The van der Waals surface area contributed by atoms with Crippen molar-refractivity contribution in [1.82, 2.24) is 10.2 Å². The molecule has 0 aliphatic rings. The van der Waals surface area contributed by atoms with E-state index in [9.17, 15) is 9.59 Å². The fraction of sp³-hybridized carbons (Fsp3) is 0.529. The molecule has 0 bridgehead atoms. The Morgan fingerprint density at radius 3 is 2.52 bits per heavy atom. The molecule has 0 saturated carbocycles. The highest BCUT2D eigenvalue weighted by Gasteiger charge is 2.09. The summed E-state index contributed by atoms with van der Waals surface area (Å²) in [6.07, 6.45) is 2.45. The Labute approximate surface area is 127 Å². The second-order valence-corrected chi connectivity index (χ2v) is 5.31. The molecule has 0 aliphatic carbocycles. The lowest BCUT2D eigenvalue weighted by atomic mass is 10.1. The van der Waals surface area contributed by atoms with Crippen molar-refractivity contribution >= 4 is 11.8 Å². The van der Waals surface area contributed by atoms with Crippen molar-refractivity contribution in [3.05, 3.63) is 35.4 Å². The summed E-state index contributed by atoms with van der Waals surface area (Å²) in [5.41, 5.74) is 2.17. The number of unbranched alkanes of at least 4 members (excludes halogenated alkanes) is 1. The molecule has 0 aromatic heterocycles. The van der Waals surface area contributed by atoms with Gasteiger partial charge in [0.05, 0.1) is 6.42 Å². The van der Waals surface area contributed by atoms with Crippen molar-refractivity contribution in [3.63, 3.8) is 0 Å². The molecule has 0 saturated heterocycles. The minimum absolute atomic E-state index is 0.00305. The van der Waals surface area contributed by atoms with Crippen LogP contribution in [-0.4, -0.2) is 36.3 Å².